The van der Waals surface area contributed by atoms with E-state index in [2.05, 4.69) is 22.4 Å². The van der Waals surface area contributed by atoms with E-state index < -0.39 is 0 Å². The van der Waals surface area contributed by atoms with Gasteiger partial charge in [0, 0.05) is 44.8 Å². The van der Waals surface area contributed by atoms with Crippen molar-refractivity contribution in [2.75, 3.05) is 38.5 Å². The van der Waals surface area contributed by atoms with Gasteiger partial charge in [-0.15, -0.1) is 24.8 Å². The van der Waals surface area contributed by atoms with Gasteiger partial charge in [-0.25, -0.2) is 0 Å². The highest BCUT2D eigenvalue weighted by Gasteiger charge is 2.26. The summed E-state index contributed by atoms with van der Waals surface area (Å²) < 4.78 is 1.58. The summed E-state index contributed by atoms with van der Waals surface area (Å²) in [5.41, 5.74) is 6.64. The molecule has 2 fully saturated rings. The lowest BCUT2D eigenvalue weighted by molar-refractivity contribution is -0.133. The molecule has 1 saturated heterocycles. The molecule has 1 aromatic heterocycles. The van der Waals surface area contributed by atoms with Crippen molar-refractivity contribution in [3.8, 4) is 0 Å². The fourth-order valence-corrected chi connectivity index (χ4v) is 3.58. The third kappa shape index (κ3) is 6.64. The Morgan fingerprint density at radius 1 is 1.22 bits per heavy atom. The van der Waals surface area contributed by atoms with Crippen LogP contribution in [0.4, 0.5) is 5.69 Å². The number of likely N-dealkylation sites (N-methyl/N-ethyl adjacent to an activating group) is 1. The summed E-state index contributed by atoms with van der Waals surface area (Å²) in [5, 5.41) is 7.04. The standard InChI is InChI=1S/C17H28N6O2.2ClH/c1-21-5-7-22(8-6-21)17(25)12-23-11-14(10-19-23)20-16(24)9-13-3-2-4-15(13)18;;/h10-11,13,15H,2-9,12,18H2,1H3,(H,20,24);2*1H/t13-,15+;;/m0../s1. The summed E-state index contributed by atoms with van der Waals surface area (Å²) in [6.07, 6.45) is 6.87. The summed E-state index contributed by atoms with van der Waals surface area (Å²) in [6, 6.07) is 0.134. The van der Waals surface area contributed by atoms with Gasteiger partial charge in [0.15, 0.2) is 0 Å². The number of hydrogen-bond donors (Lipinski definition) is 2. The molecule has 1 aliphatic heterocycles. The van der Waals surface area contributed by atoms with E-state index in [0.717, 1.165) is 45.4 Å². The highest BCUT2D eigenvalue weighted by Crippen LogP contribution is 2.27. The van der Waals surface area contributed by atoms with Crippen molar-refractivity contribution in [1.29, 1.82) is 0 Å². The molecule has 2 aliphatic rings. The minimum Gasteiger partial charge on any atom is -0.339 e. The van der Waals surface area contributed by atoms with Crippen LogP contribution in [0.1, 0.15) is 25.7 Å². The number of nitrogens with one attached hydrogen (secondary N) is 1. The Balaban J connectivity index is 0.00000182. The number of nitrogens with zero attached hydrogens (tertiary/aromatic N) is 4. The van der Waals surface area contributed by atoms with Gasteiger partial charge in [-0.3, -0.25) is 14.3 Å². The van der Waals surface area contributed by atoms with Crippen LogP contribution >= 0.6 is 24.8 Å². The largest absolute Gasteiger partial charge is 0.339 e. The number of anilines is 1. The summed E-state index contributed by atoms with van der Waals surface area (Å²) in [6.45, 7) is 3.50. The zero-order chi connectivity index (χ0) is 17.8. The number of nitrogens with two attached hydrogens (primary N) is 1. The van der Waals surface area contributed by atoms with Gasteiger partial charge < -0.3 is 20.9 Å². The second kappa shape index (κ2) is 10.8. The van der Waals surface area contributed by atoms with Crippen LogP contribution < -0.4 is 11.1 Å². The Kier molecular flexibility index (Phi) is 9.52. The maximum Gasteiger partial charge on any atom is 0.244 e. The summed E-state index contributed by atoms with van der Waals surface area (Å²) in [7, 11) is 2.06. The minimum absolute atomic E-state index is 0. The molecule has 2 amide bonds. The summed E-state index contributed by atoms with van der Waals surface area (Å²) >= 11 is 0. The molecular weight excluding hydrogens is 391 g/mol. The zero-order valence-electron chi connectivity index (χ0n) is 15.7. The van der Waals surface area contributed by atoms with Gasteiger partial charge in [-0.2, -0.15) is 5.10 Å². The number of amides is 2. The van der Waals surface area contributed by atoms with E-state index in [1.165, 1.54) is 0 Å². The molecule has 1 aromatic rings. The Labute approximate surface area is 172 Å². The lowest BCUT2D eigenvalue weighted by Gasteiger charge is -2.32. The van der Waals surface area contributed by atoms with E-state index in [9.17, 15) is 9.59 Å². The molecule has 2 heterocycles. The van der Waals surface area contributed by atoms with Gasteiger partial charge in [-0.05, 0) is 25.8 Å². The second-order valence-electron chi connectivity index (χ2n) is 7.22. The first-order valence-corrected chi connectivity index (χ1v) is 9.05. The van der Waals surface area contributed by atoms with Crippen LogP contribution in [0.3, 0.4) is 0 Å². The Morgan fingerprint density at radius 3 is 2.56 bits per heavy atom. The van der Waals surface area contributed by atoms with Gasteiger partial charge in [0.2, 0.25) is 11.8 Å². The number of halogens is 2. The molecular formula is C17H30Cl2N6O2. The van der Waals surface area contributed by atoms with Crippen molar-refractivity contribution < 1.29 is 9.59 Å². The predicted octanol–water partition coefficient (Wildman–Crippen LogP) is 0.957. The van der Waals surface area contributed by atoms with Crippen molar-refractivity contribution in [3.63, 3.8) is 0 Å². The number of carbonyl (C=O) groups excluding carboxylic acids is 2. The topological polar surface area (TPSA) is 96.5 Å². The molecule has 0 unspecified atom stereocenters. The second-order valence-corrected chi connectivity index (χ2v) is 7.22. The Bertz CT molecular complexity index is 618. The van der Waals surface area contributed by atoms with Gasteiger partial charge in [-0.1, -0.05) is 6.42 Å². The monoisotopic (exact) mass is 420 g/mol. The normalized spacial score (nSPS) is 22.7. The maximum absolute atomic E-state index is 12.3. The third-order valence-corrected chi connectivity index (χ3v) is 5.24. The number of carbonyl (C=O) groups is 2. The van der Waals surface area contributed by atoms with Crippen LogP contribution in [-0.2, 0) is 16.1 Å². The van der Waals surface area contributed by atoms with Crippen molar-refractivity contribution in [2.24, 2.45) is 11.7 Å². The van der Waals surface area contributed by atoms with Crippen molar-refractivity contribution in [1.82, 2.24) is 19.6 Å². The molecule has 0 spiro atoms. The predicted molar refractivity (Wildman–Crippen MR) is 109 cm³/mol. The molecule has 1 saturated carbocycles. The van der Waals surface area contributed by atoms with Crippen LogP contribution in [0, 0.1) is 5.92 Å². The van der Waals surface area contributed by atoms with Crippen molar-refractivity contribution >= 4 is 42.3 Å². The quantitative estimate of drug-likeness (QED) is 0.738. The average molecular weight is 421 g/mol. The number of rotatable bonds is 5. The molecule has 0 radical (unpaired) electrons. The van der Waals surface area contributed by atoms with Gasteiger partial charge in [0.05, 0.1) is 11.9 Å². The third-order valence-electron chi connectivity index (χ3n) is 5.24. The van der Waals surface area contributed by atoms with Crippen molar-refractivity contribution in [3.05, 3.63) is 12.4 Å². The van der Waals surface area contributed by atoms with E-state index in [1.807, 2.05) is 4.90 Å². The van der Waals surface area contributed by atoms with Gasteiger partial charge in [0.1, 0.15) is 6.54 Å². The zero-order valence-corrected chi connectivity index (χ0v) is 17.3. The van der Waals surface area contributed by atoms with E-state index in [0.29, 0.717) is 12.1 Å². The minimum atomic E-state index is -0.0349. The molecule has 10 heteroatoms. The average Bonchev–Trinajstić information content (AvgIpc) is 3.17. The molecule has 0 bridgehead atoms. The molecule has 27 heavy (non-hydrogen) atoms. The highest BCUT2D eigenvalue weighted by molar-refractivity contribution is 5.90. The van der Waals surface area contributed by atoms with Crippen LogP contribution in [0.5, 0.6) is 0 Å². The number of aromatic nitrogens is 2. The number of piperazine rings is 1. The van der Waals surface area contributed by atoms with E-state index in [4.69, 9.17) is 5.73 Å². The first kappa shape index (κ1) is 23.7. The van der Waals surface area contributed by atoms with Gasteiger partial charge >= 0.3 is 0 Å². The molecule has 1 aliphatic carbocycles. The van der Waals surface area contributed by atoms with E-state index in [1.54, 1.807) is 17.1 Å². The fourth-order valence-electron chi connectivity index (χ4n) is 3.58. The van der Waals surface area contributed by atoms with Crippen LogP contribution in [-0.4, -0.2) is 70.7 Å². The molecule has 3 rings (SSSR count). The Hall–Kier alpha value is -1.35. The molecule has 8 nitrogen and oxygen atoms in total. The Morgan fingerprint density at radius 2 is 1.93 bits per heavy atom. The van der Waals surface area contributed by atoms with Crippen LogP contribution in [0.2, 0.25) is 0 Å². The summed E-state index contributed by atoms with van der Waals surface area (Å²) in [5.74, 6) is 0.298. The lowest BCUT2D eigenvalue weighted by atomic mass is 10.00. The molecule has 154 valence electrons. The highest BCUT2D eigenvalue weighted by atomic mass is 35.5. The van der Waals surface area contributed by atoms with Crippen LogP contribution in [0.25, 0.3) is 0 Å². The summed E-state index contributed by atoms with van der Waals surface area (Å²) in [4.78, 5) is 28.5. The first-order valence-electron chi connectivity index (χ1n) is 9.05. The maximum atomic E-state index is 12.3. The van der Waals surface area contributed by atoms with E-state index >= 15 is 0 Å². The molecule has 2 atom stereocenters. The first-order chi connectivity index (χ1) is 12.0. The van der Waals surface area contributed by atoms with Gasteiger partial charge in [0.25, 0.3) is 0 Å². The van der Waals surface area contributed by atoms with E-state index in [-0.39, 0.29) is 55.1 Å². The van der Waals surface area contributed by atoms with Crippen molar-refractivity contribution in [2.45, 2.75) is 38.3 Å². The smallest absolute Gasteiger partial charge is 0.244 e. The van der Waals surface area contributed by atoms with Crippen LogP contribution in [0.15, 0.2) is 12.4 Å². The molecule has 3 N–H and O–H groups in total. The lowest BCUT2D eigenvalue weighted by Crippen LogP contribution is -2.48. The fraction of sp³-hybridized carbons (Fsp3) is 0.706. The number of hydrogen-bond acceptors (Lipinski definition) is 5. The molecule has 0 aromatic carbocycles. The SMILES string of the molecule is CN1CCN(C(=O)Cn2cc(NC(=O)C[C@@H]3CCC[C@H]3N)cn2)CC1.Cl.Cl.